The van der Waals surface area contributed by atoms with Crippen LogP contribution in [0.15, 0.2) is 12.8 Å². The number of nitrogens with two attached hydrogens (primary N) is 1. The Labute approximate surface area is 132 Å². The Hall–Kier alpha value is -1.62. The van der Waals surface area contributed by atoms with Crippen molar-refractivity contribution in [3.8, 4) is 0 Å². The van der Waals surface area contributed by atoms with Gasteiger partial charge in [-0.15, -0.1) is 0 Å². The Morgan fingerprint density at radius 3 is 2.82 bits per heavy atom. The first-order chi connectivity index (χ1) is 10.6. The van der Waals surface area contributed by atoms with Gasteiger partial charge in [0.15, 0.2) is 0 Å². The van der Waals surface area contributed by atoms with Crippen molar-refractivity contribution in [2.24, 2.45) is 11.7 Å². The second-order valence-electron chi connectivity index (χ2n) is 6.74. The molecule has 0 aliphatic heterocycles. The van der Waals surface area contributed by atoms with Gasteiger partial charge in [0.2, 0.25) is 5.95 Å². The number of rotatable bonds is 5. The van der Waals surface area contributed by atoms with Crippen LogP contribution in [0.3, 0.4) is 0 Å². The molecule has 1 aromatic heterocycles. The lowest BCUT2D eigenvalue weighted by molar-refractivity contribution is 0.141. The summed E-state index contributed by atoms with van der Waals surface area (Å²) in [5.41, 5.74) is 8.22. The summed E-state index contributed by atoms with van der Waals surface area (Å²) in [5, 5.41) is 13.3. The molecular weight excluding hydrogens is 276 g/mol. The lowest BCUT2D eigenvalue weighted by Crippen LogP contribution is -2.16. The molecule has 5 nitrogen and oxygen atoms in total. The molecule has 2 fully saturated rings. The number of hydrogen-bond acceptors (Lipinski definition) is 5. The maximum Gasteiger partial charge on any atom is 0.223 e. The van der Waals surface area contributed by atoms with Gasteiger partial charge in [0.05, 0.1) is 11.8 Å². The zero-order valence-electron chi connectivity index (χ0n) is 13.1. The minimum atomic E-state index is -0.178. The molecule has 0 radical (unpaired) electrons. The fourth-order valence-electron chi connectivity index (χ4n) is 3.21. The highest BCUT2D eigenvalue weighted by Gasteiger charge is 2.24. The van der Waals surface area contributed by atoms with Gasteiger partial charge in [0.25, 0.3) is 0 Å². The molecule has 2 aliphatic carbocycles. The minimum Gasteiger partial charge on any atom is -0.399 e. The molecule has 0 amide bonds. The Bertz CT molecular complexity index is 541. The first-order valence-electron chi connectivity index (χ1n) is 8.37. The monoisotopic (exact) mass is 302 g/mol. The number of hydrogen-bond donors (Lipinski definition) is 3. The molecule has 0 saturated heterocycles. The normalized spacial score (nSPS) is 25.5. The highest BCUT2D eigenvalue weighted by Crippen LogP contribution is 2.29. The zero-order valence-corrected chi connectivity index (χ0v) is 13.1. The van der Waals surface area contributed by atoms with Crippen LogP contribution in [-0.2, 0) is 6.42 Å². The average Bonchev–Trinajstić information content (AvgIpc) is 3.28. The number of aliphatic hydroxyl groups excluding tert-OH is 1. The number of nitrogens with zero attached hydrogens (tertiary/aromatic N) is 2. The lowest BCUT2D eigenvalue weighted by Gasteiger charge is -2.18. The van der Waals surface area contributed by atoms with Crippen LogP contribution in [0.1, 0.15) is 56.2 Å². The quantitative estimate of drug-likeness (QED) is 0.728. The van der Waals surface area contributed by atoms with E-state index in [1.165, 1.54) is 19.3 Å². The smallest absolute Gasteiger partial charge is 0.223 e. The summed E-state index contributed by atoms with van der Waals surface area (Å²) < 4.78 is 0. The number of aromatic nitrogens is 2. The van der Waals surface area contributed by atoms with Crippen molar-refractivity contribution >= 4 is 11.6 Å². The van der Waals surface area contributed by atoms with Crippen LogP contribution in [0, 0.1) is 5.92 Å². The summed E-state index contributed by atoms with van der Waals surface area (Å²) in [6.07, 6.45) is 10.0. The van der Waals surface area contributed by atoms with E-state index in [4.69, 9.17) is 5.73 Å². The summed E-state index contributed by atoms with van der Waals surface area (Å²) >= 11 is 0. The molecule has 5 heteroatoms. The summed E-state index contributed by atoms with van der Waals surface area (Å²) in [4.78, 5) is 9.03. The molecule has 2 atom stereocenters. The second kappa shape index (κ2) is 6.65. The van der Waals surface area contributed by atoms with Crippen LogP contribution < -0.4 is 11.1 Å². The van der Waals surface area contributed by atoms with Gasteiger partial charge in [0, 0.05) is 23.5 Å². The van der Waals surface area contributed by atoms with Crippen LogP contribution >= 0.6 is 0 Å². The van der Waals surface area contributed by atoms with Crippen molar-refractivity contribution < 1.29 is 5.11 Å². The molecular formula is C17H26N4O. The number of nitrogens with one attached hydrogen (secondary N) is 1. The molecule has 1 aromatic rings. The highest BCUT2D eigenvalue weighted by molar-refractivity contribution is 5.62. The standard InChI is InChI=1S/C17H26N4O/c1-11(18)15-10-19-17(20-13-6-7-13)21-16(15)9-12-4-2-3-5-14(22)8-12/h10,12-14,22H,1-9,18H2,(H,19,20,21)/t12-,14+/m1/s1. The van der Waals surface area contributed by atoms with E-state index in [2.05, 4.69) is 21.9 Å². The second-order valence-corrected chi connectivity index (χ2v) is 6.74. The van der Waals surface area contributed by atoms with Crippen molar-refractivity contribution in [1.82, 2.24) is 9.97 Å². The van der Waals surface area contributed by atoms with Gasteiger partial charge in [-0.25, -0.2) is 9.97 Å². The van der Waals surface area contributed by atoms with Crippen molar-refractivity contribution in [2.75, 3.05) is 5.32 Å². The van der Waals surface area contributed by atoms with Gasteiger partial charge >= 0.3 is 0 Å². The molecule has 0 bridgehead atoms. The predicted octanol–water partition coefficient (Wildman–Crippen LogP) is 2.46. The lowest BCUT2D eigenvalue weighted by atomic mass is 9.92. The molecule has 4 N–H and O–H groups in total. The van der Waals surface area contributed by atoms with E-state index >= 15 is 0 Å². The number of anilines is 1. The predicted molar refractivity (Wildman–Crippen MR) is 88.2 cm³/mol. The third-order valence-corrected chi connectivity index (χ3v) is 4.61. The molecule has 0 aromatic carbocycles. The minimum absolute atomic E-state index is 0.178. The third-order valence-electron chi connectivity index (χ3n) is 4.61. The molecule has 3 rings (SSSR count). The fraction of sp³-hybridized carbons (Fsp3) is 0.647. The average molecular weight is 302 g/mol. The van der Waals surface area contributed by atoms with Gasteiger partial charge in [-0.3, -0.25) is 0 Å². The summed E-state index contributed by atoms with van der Waals surface area (Å²) in [6, 6.07) is 0.527. The van der Waals surface area contributed by atoms with Crippen LogP contribution in [0.4, 0.5) is 5.95 Å². The van der Waals surface area contributed by atoms with Crippen molar-refractivity contribution in [3.05, 3.63) is 24.0 Å². The fourth-order valence-corrected chi connectivity index (χ4v) is 3.21. The van der Waals surface area contributed by atoms with E-state index in [9.17, 15) is 5.11 Å². The van der Waals surface area contributed by atoms with Gasteiger partial charge in [-0.2, -0.15) is 0 Å². The molecule has 2 aliphatic rings. The van der Waals surface area contributed by atoms with E-state index in [-0.39, 0.29) is 6.10 Å². The van der Waals surface area contributed by atoms with Gasteiger partial charge in [-0.1, -0.05) is 19.4 Å². The number of aliphatic hydroxyl groups is 1. The van der Waals surface area contributed by atoms with E-state index in [0.717, 1.165) is 43.4 Å². The first-order valence-corrected chi connectivity index (χ1v) is 8.37. The van der Waals surface area contributed by atoms with Crippen LogP contribution in [0.25, 0.3) is 5.70 Å². The Morgan fingerprint density at radius 2 is 2.09 bits per heavy atom. The SMILES string of the molecule is C=C(N)c1cnc(NC2CC2)nc1C[C@@H]1CCCC[C@H](O)C1. The maximum absolute atomic E-state index is 10.0. The Kier molecular flexibility index (Phi) is 4.62. The molecule has 120 valence electrons. The molecule has 0 spiro atoms. The Morgan fingerprint density at radius 1 is 1.32 bits per heavy atom. The molecule has 2 saturated carbocycles. The van der Waals surface area contributed by atoms with Crippen molar-refractivity contribution in [1.29, 1.82) is 0 Å². The van der Waals surface area contributed by atoms with Crippen LogP contribution in [-0.4, -0.2) is 27.2 Å². The van der Waals surface area contributed by atoms with Crippen LogP contribution in [0.5, 0.6) is 0 Å². The molecule has 0 unspecified atom stereocenters. The third kappa shape index (κ3) is 3.97. The summed E-state index contributed by atoms with van der Waals surface area (Å²) in [7, 11) is 0. The maximum atomic E-state index is 10.0. The zero-order chi connectivity index (χ0) is 15.5. The highest BCUT2D eigenvalue weighted by atomic mass is 16.3. The molecule has 1 heterocycles. The topological polar surface area (TPSA) is 84.1 Å². The Balaban J connectivity index is 1.77. The van der Waals surface area contributed by atoms with E-state index < -0.39 is 0 Å². The van der Waals surface area contributed by atoms with Gasteiger partial charge in [0.1, 0.15) is 0 Å². The summed E-state index contributed by atoms with van der Waals surface area (Å²) in [6.45, 7) is 3.84. The van der Waals surface area contributed by atoms with Gasteiger partial charge in [-0.05, 0) is 44.4 Å². The summed E-state index contributed by atoms with van der Waals surface area (Å²) in [5.74, 6) is 1.15. The van der Waals surface area contributed by atoms with E-state index in [1.54, 1.807) is 6.20 Å². The van der Waals surface area contributed by atoms with E-state index in [1.807, 2.05) is 0 Å². The van der Waals surface area contributed by atoms with E-state index in [0.29, 0.717) is 23.6 Å². The van der Waals surface area contributed by atoms with Crippen LogP contribution in [0.2, 0.25) is 0 Å². The van der Waals surface area contributed by atoms with Crippen molar-refractivity contribution in [2.45, 2.75) is 63.5 Å². The van der Waals surface area contributed by atoms with Gasteiger partial charge < -0.3 is 16.2 Å². The van der Waals surface area contributed by atoms with Crippen molar-refractivity contribution in [3.63, 3.8) is 0 Å². The first kappa shape index (κ1) is 15.3. The largest absolute Gasteiger partial charge is 0.399 e. The molecule has 22 heavy (non-hydrogen) atoms.